The van der Waals surface area contributed by atoms with E-state index in [0.717, 1.165) is 30.5 Å². The summed E-state index contributed by atoms with van der Waals surface area (Å²) in [5.74, 6) is 0.568. The van der Waals surface area contributed by atoms with Crippen LogP contribution in [-0.2, 0) is 25.4 Å². The number of aromatic carboxylic acids is 1. The smallest absolute Gasteiger partial charge is 0.335 e. The van der Waals surface area contributed by atoms with Gasteiger partial charge >= 0.3 is 5.97 Å². The van der Waals surface area contributed by atoms with E-state index < -0.39 is 17.6 Å². The summed E-state index contributed by atoms with van der Waals surface area (Å²) in [6, 6.07) is 14.0. The third kappa shape index (κ3) is 4.49. The van der Waals surface area contributed by atoms with Gasteiger partial charge in [0.1, 0.15) is 17.0 Å². The summed E-state index contributed by atoms with van der Waals surface area (Å²) < 4.78 is 31.5. The maximum absolute atomic E-state index is 15.0. The molecule has 3 aromatic heterocycles. The zero-order valence-corrected chi connectivity index (χ0v) is 24.5. The van der Waals surface area contributed by atoms with E-state index in [-0.39, 0.29) is 11.1 Å². The number of carbonyl (C=O) groups is 1. The van der Waals surface area contributed by atoms with Crippen molar-refractivity contribution in [2.24, 2.45) is 11.8 Å². The summed E-state index contributed by atoms with van der Waals surface area (Å²) in [5.41, 5.74) is 2.35. The summed E-state index contributed by atoms with van der Waals surface area (Å²) in [4.78, 5) is 23.1. The fraction of sp³-hybridized carbons (Fsp3) is 0.312. The number of hydrogen-bond donors (Lipinski definition) is 1. The molecule has 224 valence electrons. The van der Waals surface area contributed by atoms with Gasteiger partial charge in [-0.3, -0.25) is 14.6 Å². The molecule has 2 aromatic carbocycles. The number of fused-ring (bicyclic) bond motifs is 3. The third-order valence-electron chi connectivity index (χ3n) is 9.04. The van der Waals surface area contributed by atoms with Gasteiger partial charge < -0.3 is 19.1 Å². The SMILES string of the molecule is C[C@@]1(c2ccc(Cl)cn2)Oc2cccc(C3[C@H]4CN(Cc5nc6c(F)cc(C(=O)O)cc6n5CCn5cccn5)C[C@@H]34)c2O1. The Morgan fingerprint density at radius 3 is 2.70 bits per heavy atom. The highest BCUT2D eigenvalue weighted by atomic mass is 35.5. The normalized spacial score (nSPS) is 23.8. The number of pyridine rings is 1. The molecule has 5 heterocycles. The number of aromatic nitrogens is 5. The molecule has 5 aromatic rings. The summed E-state index contributed by atoms with van der Waals surface area (Å²) in [7, 11) is 0. The molecule has 0 radical (unpaired) electrons. The highest BCUT2D eigenvalue weighted by Gasteiger charge is 2.58. The minimum atomic E-state index is -1.18. The van der Waals surface area contributed by atoms with Crippen LogP contribution in [0, 0.1) is 17.7 Å². The van der Waals surface area contributed by atoms with Gasteiger partial charge in [-0.25, -0.2) is 14.2 Å². The molecular formula is C32H28ClFN6O4. The number of carboxylic acids is 1. The molecule has 4 atom stereocenters. The number of hydrogen-bond acceptors (Lipinski definition) is 7. The van der Waals surface area contributed by atoms with E-state index in [4.69, 9.17) is 21.1 Å². The molecule has 2 aliphatic heterocycles. The largest absolute Gasteiger partial charge is 0.478 e. The number of rotatable bonds is 8. The van der Waals surface area contributed by atoms with Crippen LogP contribution in [0.5, 0.6) is 11.5 Å². The summed E-state index contributed by atoms with van der Waals surface area (Å²) >= 11 is 6.04. The first-order valence-corrected chi connectivity index (χ1v) is 14.9. The van der Waals surface area contributed by atoms with Crippen molar-refractivity contribution in [3.05, 3.63) is 101 Å². The number of benzene rings is 2. The summed E-state index contributed by atoms with van der Waals surface area (Å²) in [6.07, 6.45) is 5.15. The zero-order chi connectivity index (χ0) is 30.2. The van der Waals surface area contributed by atoms with Crippen LogP contribution in [-0.4, -0.2) is 53.4 Å². The van der Waals surface area contributed by atoms with Crippen molar-refractivity contribution < 1.29 is 23.8 Å². The minimum Gasteiger partial charge on any atom is -0.478 e. The van der Waals surface area contributed by atoms with Gasteiger partial charge in [0.2, 0.25) is 0 Å². The second kappa shape index (κ2) is 10.0. The lowest BCUT2D eigenvalue weighted by Gasteiger charge is -2.23. The molecule has 0 spiro atoms. The van der Waals surface area contributed by atoms with Crippen LogP contribution in [0.1, 0.15) is 40.3 Å². The first kappa shape index (κ1) is 27.1. The monoisotopic (exact) mass is 614 g/mol. The lowest BCUT2D eigenvalue weighted by Crippen LogP contribution is -2.32. The molecule has 1 aliphatic carbocycles. The molecule has 12 heteroatoms. The molecule has 1 saturated carbocycles. The Balaban J connectivity index is 1.01. The fourth-order valence-electron chi connectivity index (χ4n) is 6.92. The molecule has 1 unspecified atom stereocenters. The number of nitrogens with zero attached hydrogens (tertiary/aromatic N) is 6. The molecule has 1 saturated heterocycles. The maximum atomic E-state index is 15.0. The number of halogens is 2. The van der Waals surface area contributed by atoms with E-state index in [1.807, 2.05) is 42.0 Å². The first-order chi connectivity index (χ1) is 21.3. The molecule has 10 nitrogen and oxygen atoms in total. The van der Waals surface area contributed by atoms with E-state index in [9.17, 15) is 9.90 Å². The van der Waals surface area contributed by atoms with Gasteiger partial charge in [0.25, 0.3) is 5.79 Å². The molecule has 0 bridgehead atoms. The summed E-state index contributed by atoms with van der Waals surface area (Å²) in [5, 5.41) is 14.4. The van der Waals surface area contributed by atoms with Crippen molar-refractivity contribution in [1.29, 1.82) is 0 Å². The second-order valence-corrected chi connectivity index (χ2v) is 12.2. The highest BCUT2D eigenvalue weighted by Crippen LogP contribution is 2.62. The Morgan fingerprint density at radius 2 is 1.98 bits per heavy atom. The van der Waals surface area contributed by atoms with Crippen molar-refractivity contribution >= 4 is 28.6 Å². The molecule has 0 amide bonds. The van der Waals surface area contributed by atoms with Gasteiger partial charge in [0, 0.05) is 50.7 Å². The molecular weight excluding hydrogens is 587 g/mol. The van der Waals surface area contributed by atoms with Crippen LogP contribution in [0.15, 0.2) is 67.1 Å². The molecule has 2 fully saturated rings. The minimum absolute atomic E-state index is 0.100. The summed E-state index contributed by atoms with van der Waals surface area (Å²) in [6.45, 7) is 5.14. The maximum Gasteiger partial charge on any atom is 0.335 e. The van der Waals surface area contributed by atoms with Crippen LogP contribution < -0.4 is 9.47 Å². The Bertz CT molecular complexity index is 1900. The van der Waals surface area contributed by atoms with E-state index in [0.29, 0.717) is 65.2 Å². The van der Waals surface area contributed by atoms with Crippen LogP contribution in [0.3, 0.4) is 0 Å². The number of aryl methyl sites for hydroxylation is 2. The van der Waals surface area contributed by atoms with E-state index in [2.05, 4.69) is 26.0 Å². The standard InChI is InChI=1S/C32H28ClFN6O4/c1-32(26-7-6-19(33)14-35-26)43-25-5-2-4-20(30(25)44-32)28-21-15-38(16-22(21)28)17-27-37-29-23(34)12-18(31(41)42)13-24(29)40(27)11-10-39-9-3-8-36-39/h2-9,12-14,21-22,28H,10-11,15-17H2,1H3,(H,41,42)/t21-,22+,28?,32-/m1/s1. The molecule has 1 N–H and O–H groups in total. The van der Waals surface area contributed by atoms with E-state index in [1.54, 1.807) is 23.1 Å². The Morgan fingerprint density at radius 1 is 1.14 bits per heavy atom. The van der Waals surface area contributed by atoms with Gasteiger partial charge in [0.05, 0.1) is 29.2 Å². The second-order valence-electron chi connectivity index (χ2n) is 11.8. The Hall–Kier alpha value is -4.48. The predicted molar refractivity (Wildman–Crippen MR) is 158 cm³/mol. The number of carboxylic acid groups (broad SMARTS) is 1. The lowest BCUT2D eigenvalue weighted by atomic mass is 10.0. The predicted octanol–water partition coefficient (Wildman–Crippen LogP) is 5.31. The Kier molecular flexibility index (Phi) is 6.18. The fourth-order valence-corrected chi connectivity index (χ4v) is 7.03. The van der Waals surface area contributed by atoms with E-state index >= 15 is 4.39 Å². The average molecular weight is 615 g/mol. The van der Waals surface area contributed by atoms with Crippen LogP contribution in [0.25, 0.3) is 11.0 Å². The quantitative estimate of drug-likeness (QED) is 0.251. The number of para-hydroxylation sites is 1. The molecule has 3 aliphatic rings. The van der Waals surface area contributed by atoms with Gasteiger partial charge in [-0.05, 0) is 54.2 Å². The zero-order valence-electron chi connectivity index (χ0n) is 23.7. The third-order valence-corrected chi connectivity index (χ3v) is 9.27. The Labute approximate surface area is 256 Å². The van der Waals surface area contributed by atoms with Crippen molar-refractivity contribution in [3.8, 4) is 11.5 Å². The van der Waals surface area contributed by atoms with Crippen LogP contribution in [0.2, 0.25) is 5.02 Å². The number of imidazole rings is 1. The first-order valence-electron chi connectivity index (χ1n) is 14.5. The van der Waals surface area contributed by atoms with Crippen molar-refractivity contribution in [2.75, 3.05) is 13.1 Å². The van der Waals surface area contributed by atoms with E-state index in [1.165, 1.54) is 6.07 Å². The topological polar surface area (TPSA) is 108 Å². The van der Waals surface area contributed by atoms with Gasteiger partial charge in [-0.15, -0.1) is 0 Å². The van der Waals surface area contributed by atoms with Crippen molar-refractivity contribution in [1.82, 2.24) is 29.2 Å². The van der Waals surface area contributed by atoms with Crippen molar-refractivity contribution in [3.63, 3.8) is 0 Å². The molecule has 8 rings (SSSR count). The average Bonchev–Trinajstić information content (AvgIpc) is 3.54. The van der Waals surface area contributed by atoms with Crippen LogP contribution >= 0.6 is 11.6 Å². The number of piperidine rings is 1. The van der Waals surface area contributed by atoms with Crippen molar-refractivity contribution in [2.45, 2.75) is 38.3 Å². The van der Waals surface area contributed by atoms with Gasteiger partial charge in [-0.1, -0.05) is 23.7 Å². The highest BCUT2D eigenvalue weighted by molar-refractivity contribution is 6.30. The van der Waals surface area contributed by atoms with Crippen LogP contribution in [0.4, 0.5) is 4.39 Å². The van der Waals surface area contributed by atoms with Gasteiger partial charge in [0.15, 0.2) is 17.3 Å². The lowest BCUT2D eigenvalue weighted by molar-refractivity contribution is -0.0721. The van der Waals surface area contributed by atoms with Gasteiger partial charge in [-0.2, -0.15) is 5.10 Å². The number of ether oxygens (including phenoxy) is 2. The number of likely N-dealkylation sites (tertiary alicyclic amines) is 1. The molecule has 44 heavy (non-hydrogen) atoms.